The quantitative estimate of drug-likeness (QED) is 0.443. The third kappa shape index (κ3) is 3.10. The zero-order valence-electron chi connectivity index (χ0n) is 9.14. The molecule has 0 unspecified atom stereocenters. The van der Waals surface area contributed by atoms with Gasteiger partial charge in [-0.1, -0.05) is 34.8 Å². The molecule has 3 atom stereocenters. The van der Waals surface area contributed by atoms with Crippen molar-refractivity contribution in [2.24, 2.45) is 0 Å². The second-order valence-corrected chi connectivity index (χ2v) is 5.89. The molecular weight excluding hydrogens is 306 g/mol. The minimum atomic E-state index is -1.68. The molecule has 0 amide bonds. The van der Waals surface area contributed by atoms with E-state index in [0.717, 1.165) is 0 Å². The summed E-state index contributed by atoms with van der Waals surface area (Å²) in [5.74, 6) is -0.0595. The second kappa shape index (κ2) is 5.27. The fourth-order valence-electron chi connectivity index (χ4n) is 1.45. The molecule has 2 aliphatic rings. The van der Waals surface area contributed by atoms with Crippen LogP contribution < -0.4 is 0 Å². The summed E-state index contributed by atoms with van der Waals surface area (Å²) in [4.78, 5) is 10.9. The molecule has 0 saturated carbocycles. The first-order chi connectivity index (χ1) is 8.40. The van der Waals surface area contributed by atoms with Crippen LogP contribution in [0.25, 0.3) is 0 Å². The molecule has 0 aromatic rings. The number of ether oxygens (including phenoxy) is 4. The van der Waals surface area contributed by atoms with Gasteiger partial charge >= 0.3 is 5.97 Å². The van der Waals surface area contributed by atoms with E-state index in [9.17, 15) is 4.79 Å². The maximum Gasteiger partial charge on any atom is 0.330 e. The highest BCUT2D eigenvalue weighted by Gasteiger charge is 2.49. The van der Waals surface area contributed by atoms with Gasteiger partial charge in [0.1, 0.15) is 11.9 Å². The first kappa shape index (κ1) is 14.0. The second-order valence-electron chi connectivity index (χ2n) is 3.52. The molecule has 1 fully saturated rings. The van der Waals surface area contributed by atoms with Gasteiger partial charge in [-0.05, 0) is 12.2 Å². The first-order valence-electron chi connectivity index (χ1n) is 4.92. The molecule has 18 heavy (non-hydrogen) atoms. The smallest absolute Gasteiger partial charge is 0.330 e. The lowest BCUT2D eigenvalue weighted by Gasteiger charge is -2.18. The van der Waals surface area contributed by atoms with Gasteiger partial charge in [0.2, 0.25) is 16.4 Å². The van der Waals surface area contributed by atoms with E-state index in [4.69, 9.17) is 49.0 Å². The molecule has 1 saturated heterocycles. The Balaban J connectivity index is 1.96. The number of fused-ring (bicyclic) bond motifs is 1. The Morgan fingerprint density at radius 1 is 1.44 bits per heavy atom. The highest BCUT2D eigenvalue weighted by molar-refractivity contribution is 6.67. The van der Waals surface area contributed by atoms with Crippen molar-refractivity contribution < 1.29 is 23.7 Å². The molecule has 0 bridgehead atoms. The van der Waals surface area contributed by atoms with Crippen molar-refractivity contribution in [3.8, 4) is 0 Å². The van der Waals surface area contributed by atoms with Crippen molar-refractivity contribution in [1.29, 1.82) is 0 Å². The number of esters is 1. The van der Waals surface area contributed by atoms with E-state index in [0.29, 0.717) is 5.76 Å². The Kier molecular flexibility index (Phi) is 4.08. The number of rotatable bonds is 2. The van der Waals surface area contributed by atoms with Gasteiger partial charge < -0.3 is 18.9 Å². The van der Waals surface area contributed by atoms with Gasteiger partial charge in [0, 0.05) is 6.08 Å². The van der Waals surface area contributed by atoms with E-state index < -0.39 is 28.4 Å². The molecule has 0 radical (unpaired) electrons. The largest absolute Gasteiger partial charge is 0.466 e. The Labute approximate surface area is 118 Å². The van der Waals surface area contributed by atoms with Gasteiger partial charge in [-0.3, -0.25) is 0 Å². The van der Waals surface area contributed by atoms with Gasteiger partial charge in [-0.2, -0.15) is 0 Å². The number of alkyl halides is 3. The molecule has 100 valence electrons. The van der Waals surface area contributed by atoms with Crippen molar-refractivity contribution in [2.45, 2.75) is 22.5 Å². The van der Waals surface area contributed by atoms with Gasteiger partial charge in [0.15, 0.2) is 0 Å². The normalized spacial score (nSPS) is 31.1. The number of carbonyl (C=O) groups excluding carboxylic acids is 1. The van der Waals surface area contributed by atoms with Crippen molar-refractivity contribution in [3.05, 3.63) is 24.0 Å². The zero-order valence-corrected chi connectivity index (χ0v) is 11.4. The summed E-state index contributed by atoms with van der Waals surface area (Å²) in [5, 5.41) is 0. The minimum absolute atomic E-state index is 0.429. The van der Waals surface area contributed by atoms with Gasteiger partial charge in [-0.25, -0.2) is 4.79 Å². The number of hydrogen-bond donors (Lipinski definition) is 0. The van der Waals surface area contributed by atoms with Crippen LogP contribution in [-0.4, -0.2) is 35.6 Å². The van der Waals surface area contributed by atoms with E-state index in [2.05, 4.69) is 4.74 Å². The molecule has 0 aliphatic carbocycles. The Morgan fingerprint density at radius 2 is 2.17 bits per heavy atom. The van der Waals surface area contributed by atoms with Crippen LogP contribution in [0.1, 0.15) is 0 Å². The molecule has 0 aromatic heterocycles. The van der Waals surface area contributed by atoms with Crippen LogP contribution in [-0.2, 0) is 23.7 Å². The third-order valence-electron chi connectivity index (χ3n) is 2.24. The van der Waals surface area contributed by atoms with Gasteiger partial charge in [0.25, 0.3) is 0 Å². The van der Waals surface area contributed by atoms with Crippen LogP contribution in [0.15, 0.2) is 24.0 Å². The average Bonchev–Trinajstić information content (AvgIpc) is 2.82. The number of methoxy groups -OCH3 is 1. The Bertz CT molecular complexity index is 401. The topological polar surface area (TPSA) is 54.0 Å². The van der Waals surface area contributed by atoms with Crippen molar-refractivity contribution in [2.75, 3.05) is 7.11 Å². The van der Waals surface area contributed by atoms with E-state index in [1.54, 1.807) is 6.08 Å². The summed E-state index contributed by atoms with van der Waals surface area (Å²) in [5.41, 5.74) is 0. The van der Waals surface area contributed by atoms with Crippen molar-refractivity contribution in [1.82, 2.24) is 0 Å². The summed E-state index contributed by atoms with van der Waals surface area (Å²) in [7, 11) is 1.28. The molecular formula is C10H9Cl3O5. The molecule has 0 aromatic carbocycles. The molecule has 0 spiro atoms. The predicted molar refractivity (Wildman–Crippen MR) is 64.1 cm³/mol. The van der Waals surface area contributed by atoms with Gasteiger partial charge in [0.05, 0.1) is 7.11 Å². The molecule has 0 N–H and O–H groups in total. The third-order valence-corrected chi connectivity index (χ3v) is 2.77. The number of allylic oxidation sites excluding steroid dienone is 1. The van der Waals surface area contributed by atoms with Crippen LogP contribution in [0.2, 0.25) is 0 Å². The molecule has 2 aliphatic heterocycles. The number of halogens is 3. The van der Waals surface area contributed by atoms with E-state index in [1.807, 2.05) is 0 Å². The van der Waals surface area contributed by atoms with E-state index in [-0.39, 0.29) is 0 Å². The molecule has 5 nitrogen and oxygen atoms in total. The molecule has 8 heteroatoms. The SMILES string of the molecule is COC(=O)/C=C/C1=C[C@H]2O[C@H](C(Cl)(Cl)Cl)O[C@H]2O1. The van der Waals surface area contributed by atoms with Crippen LogP contribution in [0.4, 0.5) is 0 Å². The minimum Gasteiger partial charge on any atom is -0.466 e. The summed E-state index contributed by atoms with van der Waals surface area (Å²) < 4.78 is 18.7. The molecule has 2 rings (SSSR count). The summed E-state index contributed by atoms with van der Waals surface area (Å²) in [6, 6.07) is 0. The van der Waals surface area contributed by atoms with E-state index in [1.165, 1.54) is 19.3 Å². The fourth-order valence-corrected chi connectivity index (χ4v) is 1.76. The highest BCUT2D eigenvalue weighted by Crippen LogP contribution is 2.41. The molecule has 2 heterocycles. The lowest BCUT2D eigenvalue weighted by molar-refractivity contribution is -0.135. The number of hydrogen-bond acceptors (Lipinski definition) is 5. The van der Waals surface area contributed by atoms with Crippen molar-refractivity contribution in [3.63, 3.8) is 0 Å². The predicted octanol–water partition coefficient (Wildman–Crippen LogP) is 2.07. The van der Waals surface area contributed by atoms with Crippen LogP contribution in [0, 0.1) is 0 Å². The van der Waals surface area contributed by atoms with Crippen molar-refractivity contribution >= 4 is 40.8 Å². The lowest BCUT2D eigenvalue weighted by atomic mass is 10.3. The zero-order chi connectivity index (χ0) is 13.3. The average molecular weight is 316 g/mol. The monoisotopic (exact) mass is 314 g/mol. The fraction of sp³-hybridized carbons (Fsp3) is 0.500. The maximum atomic E-state index is 10.9. The highest BCUT2D eigenvalue weighted by atomic mass is 35.6. The standard InChI is InChI=1S/C10H9Cl3O5/c1-15-7(14)3-2-5-4-6-8(16-5)18-9(17-6)10(11,12)13/h2-4,6,8-9H,1H3/b3-2+/t6-,8-,9+/m1/s1. The number of carbonyl (C=O) groups is 1. The van der Waals surface area contributed by atoms with Crippen LogP contribution in [0.5, 0.6) is 0 Å². The summed E-state index contributed by atoms with van der Waals surface area (Å²) in [6.45, 7) is 0. The van der Waals surface area contributed by atoms with Crippen LogP contribution in [0.3, 0.4) is 0 Å². The summed E-state index contributed by atoms with van der Waals surface area (Å²) in [6.07, 6.45) is 2.16. The Hall–Kier alpha value is -0.460. The van der Waals surface area contributed by atoms with Gasteiger partial charge in [-0.15, -0.1) is 0 Å². The first-order valence-corrected chi connectivity index (χ1v) is 6.05. The summed E-state index contributed by atoms with van der Waals surface area (Å²) >= 11 is 16.9. The Morgan fingerprint density at radius 3 is 2.72 bits per heavy atom. The maximum absolute atomic E-state index is 10.9. The lowest BCUT2D eigenvalue weighted by Crippen LogP contribution is -2.27. The van der Waals surface area contributed by atoms with E-state index >= 15 is 0 Å². The van der Waals surface area contributed by atoms with Crippen LogP contribution >= 0.6 is 34.8 Å².